The highest BCUT2D eigenvalue weighted by Crippen LogP contribution is 2.32. The van der Waals surface area contributed by atoms with Crippen LogP contribution in [0.3, 0.4) is 0 Å². The van der Waals surface area contributed by atoms with Gasteiger partial charge in [-0.05, 0) is 19.8 Å². The second-order valence-corrected chi connectivity index (χ2v) is 4.07. The lowest BCUT2D eigenvalue weighted by Crippen LogP contribution is -2.30. The van der Waals surface area contributed by atoms with Gasteiger partial charge < -0.3 is 9.47 Å². The summed E-state index contributed by atoms with van der Waals surface area (Å²) in [5.41, 5.74) is -0.404. The van der Waals surface area contributed by atoms with Gasteiger partial charge in [-0.15, -0.1) is 0 Å². The summed E-state index contributed by atoms with van der Waals surface area (Å²) in [5, 5.41) is 0. The third kappa shape index (κ3) is 3.68. The molecule has 0 saturated heterocycles. The first-order valence-corrected chi connectivity index (χ1v) is 5.25. The van der Waals surface area contributed by atoms with E-state index in [9.17, 15) is 9.59 Å². The van der Waals surface area contributed by atoms with Gasteiger partial charge in [0.1, 0.15) is 0 Å². The van der Waals surface area contributed by atoms with Crippen molar-refractivity contribution < 1.29 is 19.1 Å². The van der Waals surface area contributed by atoms with Crippen molar-refractivity contribution in [1.82, 2.24) is 0 Å². The van der Waals surface area contributed by atoms with E-state index in [1.165, 1.54) is 14.2 Å². The molecule has 4 heteroatoms. The van der Waals surface area contributed by atoms with Crippen LogP contribution in [0.25, 0.3) is 0 Å². The van der Waals surface area contributed by atoms with Gasteiger partial charge in [0, 0.05) is 5.57 Å². The van der Waals surface area contributed by atoms with Crippen molar-refractivity contribution in [2.75, 3.05) is 14.2 Å². The van der Waals surface area contributed by atoms with Crippen molar-refractivity contribution in [3.8, 4) is 0 Å². The Labute approximate surface area is 96.6 Å². The molecule has 0 bridgehead atoms. The van der Waals surface area contributed by atoms with Gasteiger partial charge >= 0.3 is 11.9 Å². The van der Waals surface area contributed by atoms with E-state index < -0.39 is 11.4 Å². The summed E-state index contributed by atoms with van der Waals surface area (Å²) in [6.45, 7) is 7.38. The Bertz CT molecular complexity index is 283. The smallest absolute Gasteiger partial charge is 0.333 e. The monoisotopic (exact) mass is 228 g/mol. The average molecular weight is 228 g/mol. The summed E-state index contributed by atoms with van der Waals surface area (Å²) in [7, 11) is 2.64. The van der Waals surface area contributed by atoms with E-state index in [1.54, 1.807) is 6.92 Å². The average Bonchev–Trinajstić information content (AvgIpc) is 2.26. The summed E-state index contributed by atoms with van der Waals surface area (Å²) in [6, 6.07) is 0. The van der Waals surface area contributed by atoms with Crippen LogP contribution in [0.2, 0.25) is 0 Å². The maximum atomic E-state index is 11.7. The minimum absolute atomic E-state index is 0.264. The molecule has 0 aromatic heterocycles. The van der Waals surface area contributed by atoms with Crippen LogP contribution in [0.15, 0.2) is 12.2 Å². The molecule has 0 aliphatic heterocycles. The van der Waals surface area contributed by atoms with Crippen molar-refractivity contribution in [2.45, 2.75) is 33.1 Å². The Kier molecular flexibility index (Phi) is 5.78. The molecule has 0 rings (SSSR count). The number of rotatable bonds is 6. The van der Waals surface area contributed by atoms with Crippen LogP contribution in [0, 0.1) is 5.41 Å². The number of hydrogen-bond acceptors (Lipinski definition) is 4. The van der Waals surface area contributed by atoms with Crippen molar-refractivity contribution in [2.24, 2.45) is 5.41 Å². The van der Waals surface area contributed by atoms with Crippen LogP contribution in [-0.2, 0) is 19.1 Å². The molecule has 0 aliphatic carbocycles. The summed E-state index contributed by atoms with van der Waals surface area (Å²) in [4.78, 5) is 22.9. The van der Waals surface area contributed by atoms with Crippen LogP contribution >= 0.6 is 0 Å². The number of carbonyl (C=O) groups excluding carboxylic acids is 2. The summed E-state index contributed by atoms with van der Waals surface area (Å²) >= 11 is 0. The van der Waals surface area contributed by atoms with Gasteiger partial charge in [0.15, 0.2) is 0 Å². The predicted octanol–water partition coefficient (Wildman–Crippen LogP) is 2.09. The summed E-state index contributed by atoms with van der Waals surface area (Å²) in [6.07, 6.45) is 1.75. The summed E-state index contributed by atoms with van der Waals surface area (Å²) in [5.74, 6) is -0.800. The van der Waals surface area contributed by atoms with Gasteiger partial charge in [-0.2, -0.15) is 0 Å². The van der Waals surface area contributed by atoms with E-state index in [1.807, 2.05) is 6.92 Å². The summed E-state index contributed by atoms with van der Waals surface area (Å²) < 4.78 is 9.31. The Morgan fingerprint density at radius 3 is 2.19 bits per heavy atom. The molecule has 0 saturated carbocycles. The van der Waals surface area contributed by atoms with Gasteiger partial charge in [-0.1, -0.05) is 19.9 Å². The normalized spacial score (nSPS) is 13.8. The zero-order chi connectivity index (χ0) is 12.8. The molecular weight excluding hydrogens is 208 g/mol. The third-order valence-corrected chi connectivity index (χ3v) is 2.56. The fourth-order valence-corrected chi connectivity index (χ4v) is 1.75. The van der Waals surface area contributed by atoms with E-state index >= 15 is 0 Å². The molecule has 0 aromatic rings. The Balaban J connectivity index is 4.74. The molecule has 0 spiro atoms. The maximum absolute atomic E-state index is 11.7. The van der Waals surface area contributed by atoms with E-state index in [0.717, 1.165) is 6.42 Å². The Morgan fingerprint density at radius 2 is 1.81 bits per heavy atom. The van der Waals surface area contributed by atoms with E-state index in [0.29, 0.717) is 12.0 Å². The fraction of sp³-hybridized carbons (Fsp3) is 0.667. The highest BCUT2D eigenvalue weighted by molar-refractivity contribution is 5.89. The largest absolute Gasteiger partial charge is 0.469 e. The molecule has 0 fully saturated rings. The molecule has 1 atom stereocenters. The second-order valence-electron chi connectivity index (χ2n) is 4.07. The van der Waals surface area contributed by atoms with Crippen molar-refractivity contribution in [3.63, 3.8) is 0 Å². The Hall–Kier alpha value is -1.32. The van der Waals surface area contributed by atoms with E-state index in [4.69, 9.17) is 4.74 Å². The standard InChI is InChI=1S/C12H20O4/c1-6-7-12(3,11(14)16-5)8-9(2)10(13)15-4/h2,6-8H2,1,3-5H3. The number of carbonyl (C=O) groups is 2. The zero-order valence-corrected chi connectivity index (χ0v) is 10.5. The molecule has 0 heterocycles. The lowest BCUT2D eigenvalue weighted by atomic mass is 9.80. The molecule has 0 radical (unpaired) electrons. The van der Waals surface area contributed by atoms with Gasteiger partial charge in [0.2, 0.25) is 0 Å². The van der Waals surface area contributed by atoms with E-state index in [-0.39, 0.29) is 12.4 Å². The van der Waals surface area contributed by atoms with E-state index in [2.05, 4.69) is 11.3 Å². The number of esters is 2. The quantitative estimate of drug-likeness (QED) is 0.516. The lowest BCUT2D eigenvalue weighted by molar-refractivity contribution is -0.152. The number of ether oxygens (including phenoxy) is 2. The first-order valence-electron chi connectivity index (χ1n) is 5.25. The molecular formula is C12H20O4. The molecule has 16 heavy (non-hydrogen) atoms. The van der Waals surface area contributed by atoms with Crippen LogP contribution in [0.5, 0.6) is 0 Å². The fourth-order valence-electron chi connectivity index (χ4n) is 1.75. The predicted molar refractivity (Wildman–Crippen MR) is 60.8 cm³/mol. The molecule has 92 valence electrons. The first kappa shape index (κ1) is 14.7. The topological polar surface area (TPSA) is 52.6 Å². The van der Waals surface area contributed by atoms with Crippen LogP contribution in [0.4, 0.5) is 0 Å². The van der Waals surface area contributed by atoms with Gasteiger partial charge in [-0.25, -0.2) is 4.79 Å². The van der Waals surface area contributed by atoms with Gasteiger partial charge in [0.05, 0.1) is 19.6 Å². The van der Waals surface area contributed by atoms with Gasteiger partial charge in [-0.3, -0.25) is 4.79 Å². The van der Waals surface area contributed by atoms with Crippen molar-refractivity contribution in [3.05, 3.63) is 12.2 Å². The van der Waals surface area contributed by atoms with Crippen LogP contribution < -0.4 is 0 Å². The number of hydrogen-bond donors (Lipinski definition) is 0. The molecule has 1 unspecified atom stereocenters. The van der Waals surface area contributed by atoms with Crippen LogP contribution in [0.1, 0.15) is 33.1 Å². The second kappa shape index (κ2) is 6.30. The molecule has 4 nitrogen and oxygen atoms in total. The van der Waals surface area contributed by atoms with Crippen molar-refractivity contribution in [1.29, 1.82) is 0 Å². The maximum Gasteiger partial charge on any atom is 0.333 e. The number of methoxy groups -OCH3 is 2. The lowest BCUT2D eigenvalue weighted by Gasteiger charge is -2.26. The molecule has 0 aromatic carbocycles. The highest BCUT2D eigenvalue weighted by Gasteiger charge is 2.35. The molecule has 0 aliphatic rings. The minimum Gasteiger partial charge on any atom is -0.469 e. The Morgan fingerprint density at radius 1 is 1.25 bits per heavy atom. The van der Waals surface area contributed by atoms with Crippen molar-refractivity contribution >= 4 is 11.9 Å². The molecule has 0 amide bonds. The minimum atomic E-state index is -0.700. The SMILES string of the molecule is C=C(CC(C)(CCC)C(=O)OC)C(=O)OC. The highest BCUT2D eigenvalue weighted by atomic mass is 16.5. The zero-order valence-electron chi connectivity index (χ0n) is 10.5. The van der Waals surface area contributed by atoms with Crippen LogP contribution in [-0.4, -0.2) is 26.2 Å². The third-order valence-electron chi connectivity index (χ3n) is 2.56. The first-order chi connectivity index (χ1) is 7.41. The van der Waals surface area contributed by atoms with Gasteiger partial charge in [0.25, 0.3) is 0 Å². The molecule has 0 N–H and O–H groups in total.